The standard InChI is InChI=1S/C13H20N4O5S/c1-8-10(11(13(19)22-3)16(2)15-8)14-12(18)9-6-5-7-17(9)23(4,20)21/h9H,5-7H2,1-4H3,(H,14,18). The Hall–Kier alpha value is -1.94. The summed E-state index contributed by atoms with van der Waals surface area (Å²) < 4.78 is 30.7. The molecule has 2 rings (SSSR count). The van der Waals surface area contributed by atoms with Gasteiger partial charge in [-0.3, -0.25) is 9.48 Å². The van der Waals surface area contributed by atoms with E-state index < -0.39 is 27.9 Å². The van der Waals surface area contributed by atoms with Gasteiger partial charge in [0.05, 0.1) is 24.7 Å². The first kappa shape index (κ1) is 17.4. The number of carbonyl (C=O) groups is 2. The smallest absolute Gasteiger partial charge is 0.358 e. The van der Waals surface area contributed by atoms with E-state index in [4.69, 9.17) is 4.74 Å². The summed E-state index contributed by atoms with van der Waals surface area (Å²) >= 11 is 0. The van der Waals surface area contributed by atoms with E-state index in [1.165, 1.54) is 16.1 Å². The molecule has 1 saturated heterocycles. The topological polar surface area (TPSA) is 111 Å². The van der Waals surface area contributed by atoms with Crippen LogP contribution in [0.2, 0.25) is 0 Å². The number of aryl methyl sites for hydroxylation is 2. The number of carbonyl (C=O) groups excluding carboxylic acids is 2. The molecule has 1 aliphatic rings. The Balaban J connectivity index is 2.29. The molecule has 10 heteroatoms. The molecule has 1 unspecified atom stereocenters. The summed E-state index contributed by atoms with van der Waals surface area (Å²) in [6.45, 7) is 1.96. The second-order valence-electron chi connectivity index (χ2n) is 5.45. The van der Waals surface area contributed by atoms with Crippen LogP contribution in [0.25, 0.3) is 0 Å². The van der Waals surface area contributed by atoms with Crippen LogP contribution >= 0.6 is 0 Å². The van der Waals surface area contributed by atoms with E-state index >= 15 is 0 Å². The van der Waals surface area contributed by atoms with Gasteiger partial charge in [0.15, 0.2) is 5.69 Å². The van der Waals surface area contributed by atoms with Crippen molar-refractivity contribution in [2.75, 3.05) is 25.2 Å². The number of ether oxygens (including phenoxy) is 1. The van der Waals surface area contributed by atoms with Gasteiger partial charge in [-0.05, 0) is 19.8 Å². The fourth-order valence-corrected chi connectivity index (χ4v) is 3.87. The van der Waals surface area contributed by atoms with Gasteiger partial charge in [-0.25, -0.2) is 13.2 Å². The lowest BCUT2D eigenvalue weighted by Gasteiger charge is -2.21. The van der Waals surface area contributed by atoms with Gasteiger partial charge in [-0.1, -0.05) is 0 Å². The van der Waals surface area contributed by atoms with E-state index in [2.05, 4.69) is 10.4 Å². The number of esters is 1. The van der Waals surface area contributed by atoms with E-state index in [0.717, 1.165) is 6.26 Å². The molecule has 0 bridgehead atoms. The van der Waals surface area contributed by atoms with Crippen LogP contribution in [0.4, 0.5) is 5.69 Å². The summed E-state index contributed by atoms with van der Waals surface area (Å²) in [6.07, 6.45) is 2.13. The first-order chi connectivity index (χ1) is 10.7. The van der Waals surface area contributed by atoms with Crippen LogP contribution in [0, 0.1) is 6.92 Å². The number of anilines is 1. The van der Waals surface area contributed by atoms with E-state index in [0.29, 0.717) is 25.1 Å². The third kappa shape index (κ3) is 3.37. The second-order valence-corrected chi connectivity index (χ2v) is 7.38. The summed E-state index contributed by atoms with van der Waals surface area (Å²) in [6, 6.07) is -0.782. The van der Waals surface area contributed by atoms with E-state index in [1.807, 2.05) is 0 Å². The molecule has 1 aliphatic heterocycles. The summed E-state index contributed by atoms with van der Waals surface area (Å²) in [5.41, 5.74) is 0.803. The lowest BCUT2D eigenvalue weighted by molar-refractivity contribution is -0.119. The maximum Gasteiger partial charge on any atom is 0.358 e. The Labute approximate surface area is 134 Å². The third-order valence-electron chi connectivity index (χ3n) is 3.78. The zero-order valence-electron chi connectivity index (χ0n) is 13.5. The average Bonchev–Trinajstić information content (AvgIpc) is 3.03. The molecule has 0 radical (unpaired) electrons. The highest BCUT2D eigenvalue weighted by molar-refractivity contribution is 7.88. The van der Waals surface area contributed by atoms with Crippen molar-refractivity contribution in [2.24, 2.45) is 7.05 Å². The Morgan fingerprint density at radius 1 is 1.39 bits per heavy atom. The summed E-state index contributed by atoms with van der Waals surface area (Å²) in [4.78, 5) is 24.3. The van der Waals surface area contributed by atoms with Crippen molar-refractivity contribution in [1.82, 2.24) is 14.1 Å². The average molecular weight is 344 g/mol. The first-order valence-corrected chi connectivity index (χ1v) is 8.91. The van der Waals surface area contributed by atoms with Crippen molar-refractivity contribution in [2.45, 2.75) is 25.8 Å². The van der Waals surface area contributed by atoms with Crippen LogP contribution in [0.3, 0.4) is 0 Å². The van der Waals surface area contributed by atoms with Crippen LogP contribution < -0.4 is 5.32 Å². The highest BCUT2D eigenvalue weighted by Gasteiger charge is 2.37. The van der Waals surface area contributed by atoms with Gasteiger partial charge in [0, 0.05) is 13.6 Å². The number of sulfonamides is 1. The number of methoxy groups -OCH3 is 1. The predicted molar refractivity (Wildman–Crippen MR) is 82.5 cm³/mol. The van der Waals surface area contributed by atoms with Gasteiger partial charge in [0.25, 0.3) is 0 Å². The molecule has 1 amide bonds. The molecule has 9 nitrogen and oxygen atoms in total. The quantitative estimate of drug-likeness (QED) is 0.762. The Morgan fingerprint density at radius 2 is 2.04 bits per heavy atom. The van der Waals surface area contributed by atoms with Crippen molar-refractivity contribution < 1.29 is 22.7 Å². The molecule has 1 aromatic rings. The van der Waals surface area contributed by atoms with Crippen LogP contribution in [0.15, 0.2) is 0 Å². The molecule has 128 valence electrons. The van der Waals surface area contributed by atoms with Crippen LogP contribution in [0.5, 0.6) is 0 Å². The van der Waals surface area contributed by atoms with Crippen LogP contribution in [-0.2, 0) is 26.6 Å². The number of rotatable bonds is 4. The van der Waals surface area contributed by atoms with Crippen LogP contribution in [-0.4, -0.2) is 60.3 Å². The number of hydrogen-bond acceptors (Lipinski definition) is 6. The van der Waals surface area contributed by atoms with Crippen molar-refractivity contribution in [1.29, 1.82) is 0 Å². The fourth-order valence-electron chi connectivity index (χ4n) is 2.74. The Morgan fingerprint density at radius 3 is 2.61 bits per heavy atom. The first-order valence-electron chi connectivity index (χ1n) is 7.06. The molecule has 1 N–H and O–H groups in total. The monoisotopic (exact) mass is 344 g/mol. The second kappa shape index (κ2) is 6.28. The molecular formula is C13H20N4O5S. The van der Waals surface area contributed by atoms with Crippen molar-refractivity contribution in [3.63, 3.8) is 0 Å². The molecule has 0 spiro atoms. The molecule has 0 aromatic carbocycles. The van der Waals surface area contributed by atoms with E-state index in [9.17, 15) is 18.0 Å². The molecular weight excluding hydrogens is 324 g/mol. The molecule has 0 saturated carbocycles. The van der Waals surface area contributed by atoms with Gasteiger partial charge in [0.1, 0.15) is 6.04 Å². The SMILES string of the molecule is COC(=O)c1c(NC(=O)C2CCCN2S(C)(=O)=O)c(C)nn1C. The highest BCUT2D eigenvalue weighted by atomic mass is 32.2. The zero-order valence-corrected chi connectivity index (χ0v) is 14.3. The van der Waals surface area contributed by atoms with Gasteiger partial charge in [0.2, 0.25) is 15.9 Å². The lowest BCUT2D eigenvalue weighted by atomic mass is 10.2. The Bertz CT molecular complexity index is 740. The van der Waals surface area contributed by atoms with Crippen LogP contribution in [0.1, 0.15) is 29.0 Å². The number of aromatic nitrogens is 2. The number of hydrogen-bond donors (Lipinski definition) is 1. The van der Waals surface area contributed by atoms with Crippen molar-refractivity contribution in [3.05, 3.63) is 11.4 Å². The zero-order chi connectivity index (χ0) is 17.4. The van der Waals surface area contributed by atoms with Gasteiger partial charge >= 0.3 is 5.97 Å². The molecule has 1 atom stereocenters. The molecule has 1 aromatic heterocycles. The van der Waals surface area contributed by atoms with Crippen molar-refractivity contribution in [3.8, 4) is 0 Å². The minimum atomic E-state index is -3.47. The Kier molecular flexibility index (Phi) is 4.76. The number of nitrogens with zero attached hydrogens (tertiary/aromatic N) is 3. The number of amides is 1. The maximum atomic E-state index is 12.5. The van der Waals surface area contributed by atoms with E-state index in [1.54, 1.807) is 14.0 Å². The third-order valence-corrected chi connectivity index (χ3v) is 5.07. The molecule has 23 heavy (non-hydrogen) atoms. The summed E-state index contributed by atoms with van der Waals surface area (Å²) in [7, 11) is -0.667. The predicted octanol–water partition coefficient (Wildman–Crippen LogP) is -0.122. The van der Waals surface area contributed by atoms with Gasteiger partial charge in [-0.15, -0.1) is 0 Å². The normalized spacial score (nSPS) is 18.9. The van der Waals surface area contributed by atoms with Gasteiger partial charge < -0.3 is 10.1 Å². The minimum absolute atomic E-state index is 0.113. The number of nitrogens with one attached hydrogen (secondary N) is 1. The highest BCUT2D eigenvalue weighted by Crippen LogP contribution is 2.25. The van der Waals surface area contributed by atoms with Crippen molar-refractivity contribution >= 4 is 27.6 Å². The summed E-state index contributed by atoms with van der Waals surface area (Å²) in [5.74, 6) is -1.11. The minimum Gasteiger partial charge on any atom is -0.464 e. The largest absolute Gasteiger partial charge is 0.464 e. The molecule has 1 fully saturated rings. The molecule has 0 aliphatic carbocycles. The van der Waals surface area contributed by atoms with E-state index in [-0.39, 0.29) is 11.4 Å². The fraction of sp³-hybridized carbons (Fsp3) is 0.615. The lowest BCUT2D eigenvalue weighted by Crippen LogP contribution is -2.42. The molecule has 2 heterocycles. The summed E-state index contributed by atoms with van der Waals surface area (Å²) in [5, 5.41) is 6.73. The maximum absolute atomic E-state index is 12.5. The van der Waals surface area contributed by atoms with Gasteiger partial charge in [-0.2, -0.15) is 9.40 Å².